The summed E-state index contributed by atoms with van der Waals surface area (Å²) >= 11 is 0. The monoisotopic (exact) mass is 317 g/mol. The molecule has 1 rings (SSSR count). The molecule has 1 atom stereocenters. The summed E-state index contributed by atoms with van der Waals surface area (Å²) < 4.78 is 12.7. The molecule has 19 heavy (non-hydrogen) atoms. The van der Waals surface area contributed by atoms with Gasteiger partial charge < -0.3 is 13.7 Å². The third-order valence-electron chi connectivity index (χ3n) is 3.97. The molecule has 1 heterocycles. The van der Waals surface area contributed by atoms with Crippen LogP contribution < -0.4 is 15.1 Å². The van der Waals surface area contributed by atoms with Gasteiger partial charge >= 0.3 is 0 Å². The molecule has 0 N–H and O–H groups in total. The first-order valence-corrected chi connectivity index (χ1v) is 15.0. The highest BCUT2D eigenvalue weighted by molar-refractivity contribution is 7.02. The van der Waals surface area contributed by atoms with Gasteiger partial charge in [0.25, 0.3) is 0 Å². The van der Waals surface area contributed by atoms with E-state index in [0.29, 0.717) is 5.16 Å². The molecule has 1 aromatic rings. The van der Waals surface area contributed by atoms with E-state index < -0.39 is 25.4 Å². The summed E-state index contributed by atoms with van der Waals surface area (Å²) in [7, 11) is -2.74. The molecule has 0 aliphatic heterocycles. The molecule has 0 aromatic carbocycles. The molecular weight excluding hydrogens is 292 g/mol. The minimum absolute atomic E-state index is 0.283. The first-order valence-electron chi connectivity index (χ1n) is 6.52. The summed E-state index contributed by atoms with van der Waals surface area (Å²) in [5.74, 6) is -0.283. The summed E-state index contributed by atoms with van der Waals surface area (Å²) in [5, 5.41) is 16.8. The number of hydrogen-bond acceptors (Lipinski definition) is 4. The molecule has 0 amide bonds. The summed E-state index contributed by atoms with van der Waals surface area (Å²) in [5.41, 5.74) is 0. The molecule has 5 nitrogen and oxygen atoms in total. The van der Waals surface area contributed by atoms with Crippen LogP contribution in [0.15, 0.2) is 4.52 Å². The van der Waals surface area contributed by atoms with Crippen LogP contribution in [0.3, 0.4) is 0 Å². The Morgan fingerprint density at radius 1 is 1.32 bits per heavy atom. The van der Waals surface area contributed by atoms with Gasteiger partial charge in [0.1, 0.15) is 5.95 Å². The van der Waals surface area contributed by atoms with E-state index in [2.05, 4.69) is 51.5 Å². The molecule has 1 unspecified atom stereocenters. The Morgan fingerprint density at radius 2 is 1.84 bits per heavy atom. The Balaban J connectivity index is 3.13. The summed E-state index contributed by atoms with van der Waals surface area (Å²) in [6.07, 6.45) is 0. The van der Waals surface area contributed by atoms with Crippen molar-refractivity contribution >= 4 is 30.7 Å². The SMILES string of the molecule is CC([Si](C)(C)O[Si](C)C)[Si](C)(C)c1c([O-])on[n+]1C. The van der Waals surface area contributed by atoms with E-state index in [1.807, 2.05) is 0 Å². The van der Waals surface area contributed by atoms with Crippen molar-refractivity contribution in [1.29, 1.82) is 0 Å². The van der Waals surface area contributed by atoms with Crippen LogP contribution in [0, 0.1) is 0 Å². The molecule has 0 saturated heterocycles. The lowest BCUT2D eigenvalue weighted by Crippen LogP contribution is -2.65. The Kier molecular flexibility index (Phi) is 4.81. The number of rotatable bonds is 5. The molecule has 0 aliphatic rings. The zero-order valence-electron chi connectivity index (χ0n) is 13.2. The maximum Gasteiger partial charge on any atom is 0.203 e. The molecule has 8 heteroatoms. The summed E-state index contributed by atoms with van der Waals surface area (Å²) in [6.45, 7) is 15.5. The lowest BCUT2D eigenvalue weighted by Gasteiger charge is -2.38. The molecule has 0 fully saturated rings. The Morgan fingerprint density at radius 3 is 2.21 bits per heavy atom. The van der Waals surface area contributed by atoms with Crippen LogP contribution in [0.4, 0.5) is 0 Å². The van der Waals surface area contributed by atoms with Gasteiger partial charge in [0.15, 0.2) is 32.5 Å². The predicted molar refractivity (Wildman–Crippen MR) is 79.7 cm³/mol. The maximum absolute atomic E-state index is 11.9. The van der Waals surface area contributed by atoms with Crippen LogP contribution in [0.1, 0.15) is 6.92 Å². The van der Waals surface area contributed by atoms with E-state index in [0.717, 1.165) is 5.32 Å². The van der Waals surface area contributed by atoms with Gasteiger partial charge in [-0.3, -0.25) is 0 Å². The average molecular weight is 318 g/mol. The van der Waals surface area contributed by atoms with Gasteiger partial charge in [0.2, 0.25) is 5.32 Å². The number of aromatic nitrogens is 2. The van der Waals surface area contributed by atoms with Gasteiger partial charge in [-0.05, 0) is 31.4 Å². The van der Waals surface area contributed by atoms with Crippen molar-refractivity contribution in [3.63, 3.8) is 0 Å². The van der Waals surface area contributed by atoms with Crippen LogP contribution in [-0.2, 0) is 11.2 Å². The standard InChI is InChI=1S/C11H25N2O3Si3/c1-9(19(7,8)16-17(3)4)18(5,6)10-11(14)15-12-13(10)2/h9H,1-8H3. The van der Waals surface area contributed by atoms with Gasteiger partial charge in [-0.2, -0.15) is 0 Å². The zero-order chi connectivity index (χ0) is 15.0. The highest BCUT2D eigenvalue weighted by Gasteiger charge is 2.49. The quantitative estimate of drug-likeness (QED) is 0.598. The number of hydrogen-bond donors (Lipinski definition) is 0. The fourth-order valence-electron chi connectivity index (χ4n) is 2.68. The fraction of sp³-hybridized carbons (Fsp3) is 0.818. The second kappa shape index (κ2) is 5.51. The third-order valence-corrected chi connectivity index (χ3v) is 18.0. The highest BCUT2D eigenvalue weighted by atomic mass is 28.4. The van der Waals surface area contributed by atoms with Gasteiger partial charge in [-0.25, -0.2) is 0 Å². The van der Waals surface area contributed by atoms with Crippen molar-refractivity contribution in [3.8, 4) is 5.95 Å². The van der Waals surface area contributed by atoms with Crippen molar-refractivity contribution in [3.05, 3.63) is 0 Å². The minimum atomic E-state index is -1.97. The molecule has 1 radical (unpaired) electrons. The van der Waals surface area contributed by atoms with Crippen molar-refractivity contribution < 1.29 is 18.4 Å². The topological polar surface area (TPSA) is 62.2 Å². The summed E-state index contributed by atoms with van der Waals surface area (Å²) in [6, 6.07) is 0. The van der Waals surface area contributed by atoms with Crippen LogP contribution in [0.25, 0.3) is 0 Å². The number of aryl methyl sites for hydroxylation is 1. The van der Waals surface area contributed by atoms with E-state index in [1.54, 1.807) is 11.7 Å². The molecule has 0 spiro atoms. The van der Waals surface area contributed by atoms with Crippen molar-refractivity contribution in [1.82, 2.24) is 5.27 Å². The van der Waals surface area contributed by atoms with Gasteiger partial charge in [0, 0.05) is 0 Å². The predicted octanol–water partition coefficient (Wildman–Crippen LogP) is 0.890. The van der Waals surface area contributed by atoms with E-state index in [9.17, 15) is 5.11 Å². The molecule has 1 aromatic heterocycles. The molecule has 109 valence electrons. The highest BCUT2D eigenvalue weighted by Crippen LogP contribution is 2.33. The first kappa shape index (κ1) is 16.6. The first-order chi connectivity index (χ1) is 8.50. The van der Waals surface area contributed by atoms with E-state index in [-0.39, 0.29) is 5.95 Å². The molecule has 0 bridgehead atoms. The number of nitrogens with zero attached hydrogens (tertiary/aromatic N) is 2. The van der Waals surface area contributed by atoms with Crippen LogP contribution in [0.5, 0.6) is 5.95 Å². The largest absolute Gasteiger partial charge is 0.539 e. The van der Waals surface area contributed by atoms with Gasteiger partial charge in [0.05, 0.1) is 5.27 Å². The Hall–Kier alpha value is -0.449. The second-order valence-electron chi connectivity index (χ2n) is 6.39. The van der Waals surface area contributed by atoms with E-state index in [1.165, 1.54) is 0 Å². The Bertz CT molecular complexity index is 427. The van der Waals surface area contributed by atoms with Crippen molar-refractivity contribution in [2.24, 2.45) is 7.05 Å². The summed E-state index contributed by atoms with van der Waals surface area (Å²) in [4.78, 5) is 0. The third kappa shape index (κ3) is 3.36. The zero-order valence-corrected chi connectivity index (χ0v) is 16.2. The van der Waals surface area contributed by atoms with Crippen molar-refractivity contribution in [2.45, 2.75) is 51.4 Å². The van der Waals surface area contributed by atoms with E-state index >= 15 is 0 Å². The van der Waals surface area contributed by atoms with Crippen LogP contribution in [-0.4, -0.2) is 30.7 Å². The van der Waals surface area contributed by atoms with Crippen LogP contribution in [0.2, 0.25) is 44.4 Å². The molecule has 0 saturated carbocycles. The molecular formula is C11H25N2O3Si3. The molecule has 0 aliphatic carbocycles. The van der Waals surface area contributed by atoms with Crippen LogP contribution >= 0.6 is 0 Å². The minimum Gasteiger partial charge on any atom is -0.539 e. The van der Waals surface area contributed by atoms with Gasteiger partial charge in [-0.15, -0.1) is 0 Å². The second-order valence-corrected chi connectivity index (χ2v) is 18.5. The average Bonchev–Trinajstić information content (AvgIpc) is 2.55. The van der Waals surface area contributed by atoms with Gasteiger partial charge in [-0.1, -0.05) is 24.7 Å². The van der Waals surface area contributed by atoms with E-state index in [4.69, 9.17) is 8.64 Å². The fourth-order valence-corrected chi connectivity index (χ4v) is 17.3. The smallest absolute Gasteiger partial charge is 0.203 e. The Labute approximate surface area is 119 Å². The lowest BCUT2D eigenvalue weighted by atomic mass is 10.8. The maximum atomic E-state index is 11.9. The lowest BCUT2D eigenvalue weighted by molar-refractivity contribution is -0.725. The normalized spacial score (nSPS) is 15.0. The van der Waals surface area contributed by atoms with Crippen molar-refractivity contribution in [2.75, 3.05) is 0 Å².